The minimum absolute atomic E-state index is 0.116. The molecule has 0 N–H and O–H groups in total. The van der Waals surface area contributed by atoms with Crippen LogP contribution in [0.15, 0.2) is 18.3 Å². The van der Waals surface area contributed by atoms with Gasteiger partial charge in [-0.3, -0.25) is 9.78 Å². The van der Waals surface area contributed by atoms with Crippen LogP contribution in [0.2, 0.25) is 5.02 Å². The van der Waals surface area contributed by atoms with Gasteiger partial charge in [-0.1, -0.05) is 11.6 Å². The number of amides is 1. The number of nitrogens with zero attached hydrogens (tertiary/aromatic N) is 2. The molecule has 0 spiro atoms. The van der Waals surface area contributed by atoms with Gasteiger partial charge in [-0.15, -0.1) is 0 Å². The second kappa shape index (κ2) is 7.25. The lowest BCUT2D eigenvalue weighted by atomic mass is 10.3. The first-order valence-corrected chi connectivity index (χ1v) is 6.05. The summed E-state index contributed by atoms with van der Waals surface area (Å²) in [5, 5.41) is 0.518. The molecule has 1 amide bonds. The maximum atomic E-state index is 12.1. The second-order valence-corrected chi connectivity index (χ2v) is 3.88. The van der Waals surface area contributed by atoms with Crippen LogP contribution in [0.3, 0.4) is 0 Å². The molecule has 0 saturated carbocycles. The van der Waals surface area contributed by atoms with E-state index in [9.17, 15) is 4.79 Å². The maximum absolute atomic E-state index is 12.1. The van der Waals surface area contributed by atoms with Crippen molar-refractivity contribution in [3.05, 3.63) is 29.0 Å². The zero-order valence-corrected chi connectivity index (χ0v) is 10.9. The number of halogens is 1. The Kier molecular flexibility index (Phi) is 5.94. The molecule has 1 aromatic heterocycles. The van der Waals surface area contributed by atoms with E-state index in [-0.39, 0.29) is 5.91 Å². The van der Waals surface area contributed by atoms with Crippen molar-refractivity contribution in [2.45, 2.75) is 13.8 Å². The minimum Gasteiger partial charge on any atom is -0.380 e. The number of rotatable bonds is 6. The zero-order chi connectivity index (χ0) is 12.7. The number of pyridine rings is 1. The predicted molar refractivity (Wildman–Crippen MR) is 67.3 cm³/mol. The molecule has 0 fully saturated rings. The fourth-order valence-electron chi connectivity index (χ4n) is 1.41. The molecule has 0 atom stereocenters. The molecule has 0 radical (unpaired) electrons. The van der Waals surface area contributed by atoms with Crippen molar-refractivity contribution < 1.29 is 9.53 Å². The summed E-state index contributed by atoms with van der Waals surface area (Å²) in [7, 11) is 0. The van der Waals surface area contributed by atoms with Crippen LogP contribution in [-0.2, 0) is 4.74 Å². The van der Waals surface area contributed by atoms with E-state index in [1.807, 2.05) is 13.8 Å². The Labute approximate surface area is 107 Å². The molecule has 0 aliphatic carbocycles. The zero-order valence-electron chi connectivity index (χ0n) is 10.1. The number of aromatic nitrogens is 1. The Morgan fingerprint density at radius 1 is 1.53 bits per heavy atom. The SMILES string of the molecule is CCOCCN(CC)C(=O)c1cc(Cl)ccn1. The first-order chi connectivity index (χ1) is 8.19. The number of hydrogen-bond acceptors (Lipinski definition) is 3. The molecule has 17 heavy (non-hydrogen) atoms. The van der Waals surface area contributed by atoms with Gasteiger partial charge >= 0.3 is 0 Å². The monoisotopic (exact) mass is 256 g/mol. The molecule has 4 nitrogen and oxygen atoms in total. The van der Waals surface area contributed by atoms with E-state index in [0.29, 0.717) is 37.0 Å². The number of likely N-dealkylation sites (N-methyl/N-ethyl adjacent to an activating group) is 1. The summed E-state index contributed by atoms with van der Waals surface area (Å²) in [6.07, 6.45) is 1.53. The van der Waals surface area contributed by atoms with Gasteiger partial charge in [-0.05, 0) is 26.0 Å². The summed E-state index contributed by atoms with van der Waals surface area (Å²) in [4.78, 5) is 17.8. The standard InChI is InChI=1S/C12H17ClN2O2/c1-3-15(7-8-17-4-2)12(16)11-9-10(13)5-6-14-11/h5-6,9H,3-4,7-8H2,1-2H3. The van der Waals surface area contributed by atoms with Crippen LogP contribution < -0.4 is 0 Å². The third kappa shape index (κ3) is 4.32. The molecule has 5 heteroatoms. The van der Waals surface area contributed by atoms with Gasteiger partial charge in [-0.25, -0.2) is 0 Å². The first kappa shape index (κ1) is 13.9. The smallest absolute Gasteiger partial charge is 0.272 e. The summed E-state index contributed by atoms with van der Waals surface area (Å²) < 4.78 is 5.24. The molecular formula is C12H17ClN2O2. The minimum atomic E-state index is -0.116. The van der Waals surface area contributed by atoms with Crippen molar-refractivity contribution in [1.82, 2.24) is 9.88 Å². The van der Waals surface area contributed by atoms with E-state index < -0.39 is 0 Å². The van der Waals surface area contributed by atoms with E-state index >= 15 is 0 Å². The van der Waals surface area contributed by atoms with E-state index in [1.165, 1.54) is 6.20 Å². The number of carbonyl (C=O) groups is 1. The van der Waals surface area contributed by atoms with Crippen LogP contribution in [0, 0.1) is 0 Å². The van der Waals surface area contributed by atoms with E-state index in [2.05, 4.69) is 4.98 Å². The van der Waals surface area contributed by atoms with E-state index in [4.69, 9.17) is 16.3 Å². The van der Waals surface area contributed by atoms with Crippen molar-refractivity contribution in [3.63, 3.8) is 0 Å². The summed E-state index contributed by atoms with van der Waals surface area (Å²) >= 11 is 5.83. The average molecular weight is 257 g/mol. The van der Waals surface area contributed by atoms with Crippen molar-refractivity contribution in [2.75, 3.05) is 26.3 Å². The topological polar surface area (TPSA) is 42.4 Å². The summed E-state index contributed by atoms with van der Waals surface area (Å²) in [6, 6.07) is 3.22. The molecule has 0 bridgehead atoms. The average Bonchev–Trinajstić information content (AvgIpc) is 2.34. The molecule has 0 unspecified atom stereocenters. The molecule has 0 aromatic carbocycles. The van der Waals surface area contributed by atoms with E-state index in [0.717, 1.165) is 0 Å². The van der Waals surface area contributed by atoms with Crippen molar-refractivity contribution in [2.24, 2.45) is 0 Å². The second-order valence-electron chi connectivity index (χ2n) is 3.44. The summed E-state index contributed by atoms with van der Waals surface area (Å²) in [5.74, 6) is -0.116. The quantitative estimate of drug-likeness (QED) is 0.733. The normalized spacial score (nSPS) is 10.3. The highest BCUT2D eigenvalue weighted by molar-refractivity contribution is 6.30. The van der Waals surface area contributed by atoms with Gasteiger partial charge in [0.05, 0.1) is 6.61 Å². The fourth-order valence-corrected chi connectivity index (χ4v) is 1.57. The van der Waals surface area contributed by atoms with Crippen molar-refractivity contribution >= 4 is 17.5 Å². The Morgan fingerprint density at radius 2 is 2.29 bits per heavy atom. The lowest BCUT2D eigenvalue weighted by Crippen LogP contribution is -2.34. The Morgan fingerprint density at radius 3 is 2.88 bits per heavy atom. The molecule has 1 aromatic rings. The van der Waals surface area contributed by atoms with Gasteiger partial charge < -0.3 is 9.64 Å². The van der Waals surface area contributed by atoms with Gasteiger partial charge in [0.1, 0.15) is 5.69 Å². The summed E-state index contributed by atoms with van der Waals surface area (Å²) in [5.41, 5.74) is 0.371. The lowest BCUT2D eigenvalue weighted by Gasteiger charge is -2.20. The van der Waals surface area contributed by atoms with Crippen LogP contribution in [0.4, 0.5) is 0 Å². The van der Waals surface area contributed by atoms with Gasteiger partial charge in [-0.2, -0.15) is 0 Å². The Balaban J connectivity index is 2.65. The van der Waals surface area contributed by atoms with Crippen LogP contribution in [-0.4, -0.2) is 42.1 Å². The molecule has 1 heterocycles. The van der Waals surface area contributed by atoms with Crippen LogP contribution in [0.5, 0.6) is 0 Å². The number of carbonyl (C=O) groups excluding carboxylic acids is 1. The first-order valence-electron chi connectivity index (χ1n) is 5.67. The highest BCUT2D eigenvalue weighted by atomic mass is 35.5. The Bertz CT molecular complexity index is 371. The maximum Gasteiger partial charge on any atom is 0.272 e. The molecule has 0 saturated heterocycles. The largest absolute Gasteiger partial charge is 0.380 e. The third-order valence-corrected chi connectivity index (χ3v) is 2.55. The van der Waals surface area contributed by atoms with Crippen molar-refractivity contribution in [3.8, 4) is 0 Å². The third-order valence-electron chi connectivity index (χ3n) is 2.32. The van der Waals surface area contributed by atoms with Gasteiger partial charge in [0.25, 0.3) is 5.91 Å². The Hall–Kier alpha value is -1.13. The van der Waals surface area contributed by atoms with Gasteiger partial charge in [0.2, 0.25) is 0 Å². The highest BCUT2D eigenvalue weighted by Gasteiger charge is 2.15. The number of ether oxygens (including phenoxy) is 1. The van der Waals surface area contributed by atoms with E-state index in [1.54, 1.807) is 17.0 Å². The summed E-state index contributed by atoms with van der Waals surface area (Å²) in [6.45, 7) is 6.24. The van der Waals surface area contributed by atoms with Crippen LogP contribution in [0.25, 0.3) is 0 Å². The number of hydrogen-bond donors (Lipinski definition) is 0. The van der Waals surface area contributed by atoms with Crippen LogP contribution >= 0.6 is 11.6 Å². The van der Waals surface area contributed by atoms with Gasteiger partial charge in [0, 0.05) is 30.9 Å². The highest BCUT2D eigenvalue weighted by Crippen LogP contribution is 2.10. The lowest BCUT2D eigenvalue weighted by molar-refractivity contribution is 0.0664. The molecule has 1 rings (SSSR count). The van der Waals surface area contributed by atoms with Gasteiger partial charge in [0.15, 0.2) is 0 Å². The van der Waals surface area contributed by atoms with Crippen molar-refractivity contribution in [1.29, 1.82) is 0 Å². The molecular weight excluding hydrogens is 240 g/mol. The molecule has 0 aliphatic rings. The molecule has 94 valence electrons. The predicted octanol–water partition coefficient (Wildman–Crippen LogP) is 2.23. The molecule has 0 aliphatic heterocycles. The van der Waals surface area contributed by atoms with Crippen LogP contribution in [0.1, 0.15) is 24.3 Å². The fraction of sp³-hybridized carbons (Fsp3) is 0.500.